The van der Waals surface area contributed by atoms with E-state index in [-0.39, 0.29) is 0 Å². The summed E-state index contributed by atoms with van der Waals surface area (Å²) in [7, 11) is 0. The number of hydrogen-bond donors (Lipinski definition) is 1. The number of nitrogens with two attached hydrogens (primary N) is 1. The molecule has 1 aromatic heterocycles. The lowest BCUT2D eigenvalue weighted by molar-refractivity contribution is 1.00. The molecular formula is C9H10N2. The normalized spacial score (nSPS) is 10.6. The molecule has 0 aliphatic heterocycles. The molecule has 56 valence electrons. The number of para-hydroxylation sites is 1. The van der Waals surface area contributed by atoms with E-state index < -0.39 is 0 Å². The minimum Gasteiger partial charge on any atom is -0.339 e. The molecule has 0 bridgehead atoms. The predicted octanol–water partition coefficient (Wildman–Crippen LogP) is 1.66. The summed E-state index contributed by atoms with van der Waals surface area (Å²) in [5.41, 5.74) is 2.18. The van der Waals surface area contributed by atoms with Crippen LogP contribution in [-0.4, -0.2) is 4.68 Å². The molecule has 0 atom stereocenters. The van der Waals surface area contributed by atoms with Gasteiger partial charge in [-0.2, -0.15) is 0 Å². The molecule has 11 heavy (non-hydrogen) atoms. The van der Waals surface area contributed by atoms with Gasteiger partial charge in [-0.25, -0.2) is 0 Å². The van der Waals surface area contributed by atoms with E-state index in [9.17, 15) is 0 Å². The predicted molar refractivity (Wildman–Crippen MR) is 46.8 cm³/mol. The van der Waals surface area contributed by atoms with Crippen LogP contribution >= 0.6 is 0 Å². The molecule has 0 saturated heterocycles. The molecular weight excluding hydrogens is 136 g/mol. The first-order chi connectivity index (χ1) is 5.29. The van der Waals surface area contributed by atoms with Crippen LogP contribution in [0.1, 0.15) is 5.69 Å². The third-order valence-corrected chi connectivity index (χ3v) is 1.94. The number of aryl methyl sites for hydroxylation is 1. The van der Waals surface area contributed by atoms with E-state index in [2.05, 4.69) is 12.1 Å². The monoisotopic (exact) mass is 146 g/mol. The van der Waals surface area contributed by atoms with Crippen molar-refractivity contribution in [3.05, 3.63) is 36.0 Å². The highest BCUT2D eigenvalue weighted by atomic mass is 15.3. The zero-order valence-corrected chi connectivity index (χ0v) is 6.41. The third-order valence-electron chi connectivity index (χ3n) is 1.94. The van der Waals surface area contributed by atoms with Crippen LogP contribution in [0, 0.1) is 6.92 Å². The Morgan fingerprint density at radius 2 is 2.00 bits per heavy atom. The highest BCUT2D eigenvalue weighted by Gasteiger charge is 1.99. The summed E-state index contributed by atoms with van der Waals surface area (Å²) in [5, 5.41) is 1.20. The summed E-state index contributed by atoms with van der Waals surface area (Å²) >= 11 is 0. The molecule has 2 N–H and O–H groups in total. The lowest BCUT2D eigenvalue weighted by Gasteiger charge is -1.96. The van der Waals surface area contributed by atoms with Crippen molar-refractivity contribution in [3.63, 3.8) is 0 Å². The summed E-state index contributed by atoms with van der Waals surface area (Å²) in [4.78, 5) is 0. The molecule has 2 rings (SSSR count). The largest absolute Gasteiger partial charge is 0.339 e. The molecule has 0 spiro atoms. The second-order valence-electron chi connectivity index (χ2n) is 2.71. The Kier molecular flexibility index (Phi) is 1.15. The van der Waals surface area contributed by atoms with Gasteiger partial charge in [-0.05, 0) is 19.1 Å². The zero-order valence-electron chi connectivity index (χ0n) is 6.41. The molecule has 0 aliphatic rings. The van der Waals surface area contributed by atoms with Gasteiger partial charge in [-0.15, -0.1) is 0 Å². The lowest BCUT2D eigenvalue weighted by Crippen LogP contribution is -2.08. The maximum atomic E-state index is 5.75. The molecule has 1 aromatic carbocycles. The average Bonchev–Trinajstić information content (AvgIpc) is 2.30. The van der Waals surface area contributed by atoms with Crippen LogP contribution in [0.5, 0.6) is 0 Å². The number of fused-ring (bicyclic) bond motifs is 1. The highest BCUT2D eigenvalue weighted by molar-refractivity contribution is 5.81. The topological polar surface area (TPSA) is 30.9 Å². The number of benzene rings is 1. The van der Waals surface area contributed by atoms with E-state index in [0.29, 0.717) is 0 Å². The van der Waals surface area contributed by atoms with Gasteiger partial charge in [0, 0.05) is 11.1 Å². The minimum absolute atomic E-state index is 1.09. The van der Waals surface area contributed by atoms with Crippen LogP contribution in [0.15, 0.2) is 30.3 Å². The molecule has 0 amide bonds. The van der Waals surface area contributed by atoms with E-state index >= 15 is 0 Å². The first-order valence-corrected chi connectivity index (χ1v) is 3.61. The Labute approximate surface area is 65.2 Å². The third kappa shape index (κ3) is 0.792. The van der Waals surface area contributed by atoms with Gasteiger partial charge in [-0.1, -0.05) is 18.2 Å². The Balaban J connectivity index is 2.92. The average molecular weight is 146 g/mol. The van der Waals surface area contributed by atoms with Gasteiger partial charge in [0.2, 0.25) is 0 Å². The van der Waals surface area contributed by atoms with Gasteiger partial charge in [-0.3, -0.25) is 4.68 Å². The van der Waals surface area contributed by atoms with Crippen molar-refractivity contribution in [1.29, 1.82) is 0 Å². The molecule has 0 saturated carbocycles. The van der Waals surface area contributed by atoms with E-state index in [4.69, 9.17) is 5.84 Å². The molecule has 2 nitrogen and oxygen atoms in total. The Bertz CT molecular complexity index is 387. The standard InChI is InChI=1S/C9H10N2/c1-7-6-8-4-2-3-5-9(8)11(7)10/h2-6H,10H2,1H3. The number of nitrogen functional groups attached to an aromatic ring is 1. The van der Waals surface area contributed by atoms with Crippen LogP contribution in [-0.2, 0) is 0 Å². The maximum absolute atomic E-state index is 5.75. The summed E-state index contributed by atoms with van der Waals surface area (Å²) in [6.07, 6.45) is 0. The van der Waals surface area contributed by atoms with Crippen molar-refractivity contribution in [2.75, 3.05) is 5.84 Å². The molecule has 0 aliphatic carbocycles. The SMILES string of the molecule is Cc1cc2ccccc2n1N. The minimum atomic E-state index is 1.09. The molecule has 0 radical (unpaired) electrons. The first-order valence-electron chi connectivity index (χ1n) is 3.61. The molecule has 2 aromatic rings. The van der Waals surface area contributed by atoms with Crippen molar-refractivity contribution in [2.24, 2.45) is 0 Å². The second kappa shape index (κ2) is 2.02. The van der Waals surface area contributed by atoms with Crippen LogP contribution in [0.25, 0.3) is 10.9 Å². The van der Waals surface area contributed by atoms with Crippen molar-refractivity contribution in [3.8, 4) is 0 Å². The number of nitrogens with zero attached hydrogens (tertiary/aromatic N) is 1. The van der Waals surface area contributed by atoms with Crippen molar-refractivity contribution in [1.82, 2.24) is 4.68 Å². The molecule has 2 heteroatoms. The number of rotatable bonds is 0. The summed E-state index contributed by atoms with van der Waals surface area (Å²) in [5.74, 6) is 5.75. The van der Waals surface area contributed by atoms with Crippen molar-refractivity contribution < 1.29 is 0 Å². The number of aromatic nitrogens is 1. The summed E-state index contributed by atoms with van der Waals surface area (Å²) in [6.45, 7) is 2.00. The maximum Gasteiger partial charge on any atom is 0.0693 e. The Morgan fingerprint density at radius 1 is 1.27 bits per heavy atom. The van der Waals surface area contributed by atoms with Gasteiger partial charge in [0.25, 0.3) is 0 Å². The van der Waals surface area contributed by atoms with E-state index in [0.717, 1.165) is 11.2 Å². The fourth-order valence-corrected chi connectivity index (χ4v) is 1.31. The van der Waals surface area contributed by atoms with Crippen LogP contribution < -0.4 is 5.84 Å². The fraction of sp³-hybridized carbons (Fsp3) is 0.111. The van der Waals surface area contributed by atoms with Gasteiger partial charge >= 0.3 is 0 Å². The van der Waals surface area contributed by atoms with Gasteiger partial charge in [0.05, 0.1) is 5.52 Å². The van der Waals surface area contributed by atoms with Crippen molar-refractivity contribution in [2.45, 2.75) is 6.92 Å². The summed E-state index contributed by atoms with van der Waals surface area (Å²) < 4.78 is 1.70. The number of hydrogen-bond acceptors (Lipinski definition) is 1. The van der Waals surface area contributed by atoms with E-state index in [1.54, 1.807) is 4.68 Å². The quantitative estimate of drug-likeness (QED) is 0.563. The van der Waals surface area contributed by atoms with Crippen LogP contribution in [0.3, 0.4) is 0 Å². The lowest BCUT2D eigenvalue weighted by atomic mass is 10.2. The molecule has 0 fully saturated rings. The van der Waals surface area contributed by atoms with E-state index in [1.165, 1.54) is 5.39 Å². The van der Waals surface area contributed by atoms with Gasteiger partial charge in [0.1, 0.15) is 0 Å². The highest BCUT2D eigenvalue weighted by Crippen LogP contribution is 2.15. The first kappa shape index (κ1) is 6.28. The zero-order chi connectivity index (χ0) is 7.84. The van der Waals surface area contributed by atoms with Crippen LogP contribution in [0.2, 0.25) is 0 Å². The Hall–Kier alpha value is -1.44. The fourth-order valence-electron chi connectivity index (χ4n) is 1.31. The Morgan fingerprint density at radius 3 is 2.73 bits per heavy atom. The molecule has 1 heterocycles. The second-order valence-corrected chi connectivity index (χ2v) is 2.71. The summed E-state index contributed by atoms with van der Waals surface area (Å²) in [6, 6.07) is 10.2. The van der Waals surface area contributed by atoms with E-state index in [1.807, 2.05) is 25.1 Å². The van der Waals surface area contributed by atoms with Crippen LogP contribution in [0.4, 0.5) is 0 Å². The molecule has 0 unspecified atom stereocenters. The van der Waals surface area contributed by atoms with Gasteiger partial charge < -0.3 is 5.84 Å². The van der Waals surface area contributed by atoms with Crippen molar-refractivity contribution >= 4 is 10.9 Å². The smallest absolute Gasteiger partial charge is 0.0693 e. The van der Waals surface area contributed by atoms with Gasteiger partial charge in [0.15, 0.2) is 0 Å².